The zero-order valence-electron chi connectivity index (χ0n) is 11.9. The second-order valence-electron chi connectivity index (χ2n) is 4.49. The van der Waals surface area contributed by atoms with Gasteiger partial charge in [-0.25, -0.2) is 0 Å². The molecular formula is C16H18ClNO2. The highest BCUT2D eigenvalue weighted by Crippen LogP contribution is 2.25. The summed E-state index contributed by atoms with van der Waals surface area (Å²) in [6, 6.07) is 11.5. The van der Waals surface area contributed by atoms with E-state index in [2.05, 4.69) is 5.32 Å². The third-order valence-electron chi connectivity index (χ3n) is 3.15. The number of nitrogens with one attached hydrogen (secondary N) is 1. The first-order valence-electron chi connectivity index (χ1n) is 6.35. The Kier molecular flexibility index (Phi) is 4.74. The van der Waals surface area contributed by atoms with Crippen LogP contribution in [0.5, 0.6) is 11.5 Å². The molecular weight excluding hydrogens is 274 g/mol. The van der Waals surface area contributed by atoms with E-state index in [1.807, 2.05) is 43.3 Å². The third kappa shape index (κ3) is 3.36. The van der Waals surface area contributed by atoms with Gasteiger partial charge in [-0.05, 0) is 48.9 Å². The topological polar surface area (TPSA) is 30.5 Å². The summed E-state index contributed by atoms with van der Waals surface area (Å²) in [7, 11) is 3.32. The van der Waals surface area contributed by atoms with Crippen molar-refractivity contribution in [2.45, 2.75) is 13.5 Å². The molecule has 106 valence electrons. The molecule has 0 saturated heterocycles. The van der Waals surface area contributed by atoms with E-state index >= 15 is 0 Å². The monoisotopic (exact) mass is 291 g/mol. The SMILES string of the molecule is COc1ccc(NCc2cc(Cl)ccc2OC)c(C)c1. The maximum absolute atomic E-state index is 6.03. The van der Waals surface area contributed by atoms with Gasteiger partial charge in [0.05, 0.1) is 14.2 Å². The number of hydrogen-bond acceptors (Lipinski definition) is 3. The molecule has 1 N–H and O–H groups in total. The number of methoxy groups -OCH3 is 2. The van der Waals surface area contributed by atoms with Gasteiger partial charge in [0, 0.05) is 22.8 Å². The van der Waals surface area contributed by atoms with Crippen LogP contribution >= 0.6 is 11.6 Å². The lowest BCUT2D eigenvalue weighted by molar-refractivity contribution is 0.410. The van der Waals surface area contributed by atoms with Crippen LogP contribution in [0.3, 0.4) is 0 Å². The summed E-state index contributed by atoms with van der Waals surface area (Å²) >= 11 is 6.03. The summed E-state index contributed by atoms with van der Waals surface area (Å²) in [5.74, 6) is 1.68. The number of aryl methyl sites for hydroxylation is 1. The maximum Gasteiger partial charge on any atom is 0.123 e. The van der Waals surface area contributed by atoms with Crippen molar-refractivity contribution in [3.05, 3.63) is 52.5 Å². The lowest BCUT2D eigenvalue weighted by Gasteiger charge is -2.13. The molecule has 0 aliphatic heterocycles. The Balaban J connectivity index is 2.14. The molecule has 3 nitrogen and oxygen atoms in total. The number of anilines is 1. The third-order valence-corrected chi connectivity index (χ3v) is 3.38. The smallest absolute Gasteiger partial charge is 0.123 e. The predicted octanol–water partition coefficient (Wildman–Crippen LogP) is 4.28. The number of benzene rings is 2. The van der Waals surface area contributed by atoms with E-state index in [1.54, 1.807) is 14.2 Å². The van der Waals surface area contributed by atoms with Gasteiger partial charge >= 0.3 is 0 Å². The average molecular weight is 292 g/mol. The zero-order valence-corrected chi connectivity index (χ0v) is 12.6. The fourth-order valence-electron chi connectivity index (χ4n) is 2.04. The molecule has 0 saturated carbocycles. The van der Waals surface area contributed by atoms with Crippen LogP contribution in [0.4, 0.5) is 5.69 Å². The lowest BCUT2D eigenvalue weighted by Crippen LogP contribution is -2.03. The first kappa shape index (κ1) is 14.5. The van der Waals surface area contributed by atoms with Crippen molar-refractivity contribution in [1.29, 1.82) is 0 Å². The number of hydrogen-bond donors (Lipinski definition) is 1. The molecule has 0 spiro atoms. The van der Waals surface area contributed by atoms with Gasteiger partial charge in [-0.1, -0.05) is 11.6 Å². The summed E-state index contributed by atoms with van der Waals surface area (Å²) < 4.78 is 10.5. The molecule has 0 aliphatic carbocycles. The van der Waals surface area contributed by atoms with Gasteiger partial charge in [0.25, 0.3) is 0 Å². The molecule has 2 aromatic carbocycles. The van der Waals surface area contributed by atoms with Crippen LogP contribution in [0.2, 0.25) is 5.02 Å². The fourth-order valence-corrected chi connectivity index (χ4v) is 2.23. The molecule has 0 radical (unpaired) electrons. The summed E-state index contributed by atoms with van der Waals surface area (Å²) in [5, 5.41) is 4.09. The minimum Gasteiger partial charge on any atom is -0.497 e. The highest BCUT2D eigenvalue weighted by atomic mass is 35.5. The standard InChI is InChI=1S/C16H18ClNO2/c1-11-8-14(19-2)5-6-15(11)18-10-12-9-13(17)4-7-16(12)20-3/h4-9,18H,10H2,1-3H3. The van der Waals surface area contributed by atoms with Crippen LogP contribution in [0.1, 0.15) is 11.1 Å². The quantitative estimate of drug-likeness (QED) is 0.892. The molecule has 0 aliphatic rings. The van der Waals surface area contributed by atoms with Gasteiger partial charge in [-0.15, -0.1) is 0 Å². The Labute approximate surface area is 124 Å². The van der Waals surface area contributed by atoms with Crippen molar-refractivity contribution < 1.29 is 9.47 Å². The van der Waals surface area contributed by atoms with Crippen molar-refractivity contribution >= 4 is 17.3 Å². The van der Waals surface area contributed by atoms with Crippen molar-refractivity contribution in [2.75, 3.05) is 19.5 Å². The van der Waals surface area contributed by atoms with E-state index in [0.29, 0.717) is 11.6 Å². The number of halogens is 1. The van der Waals surface area contributed by atoms with Gasteiger partial charge in [-0.2, -0.15) is 0 Å². The van der Waals surface area contributed by atoms with E-state index in [-0.39, 0.29) is 0 Å². The van der Waals surface area contributed by atoms with Crippen molar-refractivity contribution in [3.8, 4) is 11.5 Å². The van der Waals surface area contributed by atoms with Gasteiger partial charge < -0.3 is 14.8 Å². The fraction of sp³-hybridized carbons (Fsp3) is 0.250. The van der Waals surface area contributed by atoms with Crippen LogP contribution in [0.15, 0.2) is 36.4 Å². The molecule has 2 rings (SSSR count). The molecule has 0 aromatic heterocycles. The first-order valence-corrected chi connectivity index (χ1v) is 6.72. The van der Waals surface area contributed by atoms with Crippen molar-refractivity contribution in [1.82, 2.24) is 0 Å². The van der Waals surface area contributed by atoms with Crippen LogP contribution in [-0.2, 0) is 6.54 Å². The molecule has 0 atom stereocenters. The minimum atomic E-state index is 0.650. The summed E-state index contributed by atoms with van der Waals surface area (Å²) in [6.45, 7) is 2.69. The summed E-state index contributed by atoms with van der Waals surface area (Å²) in [4.78, 5) is 0. The second-order valence-corrected chi connectivity index (χ2v) is 4.93. The molecule has 4 heteroatoms. The summed E-state index contributed by atoms with van der Waals surface area (Å²) in [5.41, 5.74) is 3.22. The van der Waals surface area contributed by atoms with Crippen molar-refractivity contribution in [2.24, 2.45) is 0 Å². The Morgan fingerprint density at radius 3 is 2.50 bits per heavy atom. The highest BCUT2D eigenvalue weighted by molar-refractivity contribution is 6.30. The van der Waals surface area contributed by atoms with Gasteiger partial charge in [0.15, 0.2) is 0 Å². The highest BCUT2D eigenvalue weighted by Gasteiger charge is 2.05. The largest absolute Gasteiger partial charge is 0.497 e. The molecule has 0 bridgehead atoms. The summed E-state index contributed by atoms with van der Waals surface area (Å²) in [6.07, 6.45) is 0. The number of rotatable bonds is 5. The van der Waals surface area contributed by atoms with Crippen LogP contribution in [0.25, 0.3) is 0 Å². The van der Waals surface area contributed by atoms with E-state index in [0.717, 1.165) is 28.3 Å². The van der Waals surface area contributed by atoms with E-state index in [4.69, 9.17) is 21.1 Å². The van der Waals surface area contributed by atoms with Gasteiger partial charge in [-0.3, -0.25) is 0 Å². The Morgan fingerprint density at radius 1 is 1.05 bits per heavy atom. The Hall–Kier alpha value is -1.87. The van der Waals surface area contributed by atoms with Gasteiger partial charge in [0.1, 0.15) is 11.5 Å². The van der Waals surface area contributed by atoms with Gasteiger partial charge in [0.2, 0.25) is 0 Å². The number of ether oxygens (including phenoxy) is 2. The second kappa shape index (κ2) is 6.53. The minimum absolute atomic E-state index is 0.650. The molecule has 0 fully saturated rings. The Morgan fingerprint density at radius 2 is 1.85 bits per heavy atom. The zero-order chi connectivity index (χ0) is 14.5. The molecule has 20 heavy (non-hydrogen) atoms. The van der Waals surface area contributed by atoms with Crippen LogP contribution in [0, 0.1) is 6.92 Å². The Bertz CT molecular complexity index is 599. The van der Waals surface area contributed by atoms with E-state index < -0.39 is 0 Å². The first-order chi connectivity index (χ1) is 9.63. The van der Waals surface area contributed by atoms with E-state index in [1.165, 1.54) is 0 Å². The lowest BCUT2D eigenvalue weighted by atomic mass is 10.1. The van der Waals surface area contributed by atoms with E-state index in [9.17, 15) is 0 Å². The average Bonchev–Trinajstić information content (AvgIpc) is 2.46. The normalized spacial score (nSPS) is 10.2. The van der Waals surface area contributed by atoms with Crippen molar-refractivity contribution in [3.63, 3.8) is 0 Å². The predicted molar refractivity (Wildman–Crippen MR) is 83.1 cm³/mol. The molecule has 0 unspecified atom stereocenters. The molecule has 2 aromatic rings. The maximum atomic E-state index is 6.03. The van der Waals surface area contributed by atoms with Crippen LogP contribution < -0.4 is 14.8 Å². The van der Waals surface area contributed by atoms with Crippen LogP contribution in [-0.4, -0.2) is 14.2 Å². The molecule has 0 heterocycles. The molecule has 0 amide bonds.